The fourth-order valence-corrected chi connectivity index (χ4v) is 8.02. The van der Waals surface area contributed by atoms with E-state index in [1.54, 1.807) is 0 Å². The van der Waals surface area contributed by atoms with Gasteiger partial charge in [0.25, 0.3) is 0 Å². The Hall–Kier alpha value is 0.850. The minimum atomic E-state index is -0.531. The second-order valence-corrected chi connectivity index (χ2v) is 7.71. The van der Waals surface area contributed by atoms with Crippen molar-refractivity contribution in [2.24, 2.45) is 5.92 Å². The number of hydrogen-bond acceptors (Lipinski definition) is 3. The van der Waals surface area contributed by atoms with Crippen LogP contribution in [0.4, 0.5) is 0 Å². The lowest BCUT2D eigenvalue weighted by atomic mass is 10.1. The predicted octanol–water partition coefficient (Wildman–Crippen LogP) is 1.86. The van der Waals surface area contributed by atoms with Crippen LogP contribution in [0.2, 0.25) is 0 Å². The van der Waals surface area contributed by atoms with Crippen LogP contribution < -0.4 is 0 Å². The van der Waals surface area contributed by atoms with Gasteiger partial charge in [-0.15, -0.1) is 0 Å². The number of fused-ring (bicyclic) bond motifs is 1. The van der Waals surface area contributed by atoms with Crippen LogP contribution in [0.3, 0.4) is 0 Å². The monoisotopic (exact) mass is 194 g/mol. The number of rotatable bonds is 0. The Morgan fingerprint density at radius 1 is 1.60 bits per heavy atom. The van der Waals surface area contributed by atoms with Crippen molar-refractivity contribution in [1.29, 1.82) is 0 Å². The van der Waals surface area contributed by atoms with Gasteiger partial charge in [-0.2, -0.15) is 0 Å². The predicted molar refractivity (Wildman–Crippen MR) is 49.5 cm³/mol. The summed E-state index contributed by atoms with van der Waals surface area (Å²) in [5, 5.41) is 0.461. The zero-order chi connectivity index (χ0) is 7.14. The van der Waals surface area contributed by atoms with Gasteiger partial charge in [-0.05, 0) is 12.3 Å². The first-order valence-corrected chi connectivity index (χ1v) is 7.12. The fraction of sp³-hybridized carbons (Fsp3) is 1.00. The van der Waals surface area contributed by atoms with Crippen LogP contribution in [-0.2, 0) is 10.8 Å². The van der Waals surface area contributed by atoms with Crippen molar-refractivity contribution in [2.45, 2.75) is 23.2 Å². The van der Waals surface area contributed by atoms with E-state index in [1.165, 1.54) is 12.2 Å². The maximum Gasteiger partial charge on any atom is 0.0944 e. The zero-order valence-corrected chi connectivity index (χ0v) is 8.23. The van der Waals surface area contributed by atoms with Crippen LogP contribution >= 0.6 is 21.6 Å². The van der Waals surface area contributed by atoms with Gasteiger partial charge in [0.05, 0.1) is 4.58 Å². The molecule has 0 N–H and O–H groups in total. The molecule has 2 heterocycles. The lowest BCUT2D eigenvalue weighted by Crippen LogP contribution is -2.10. The highest BCUT2D eigenvalue weighted by molar-refractivity contribution is 8.78. The van der Waals surface area contributed by atoms with Crippen molar-refractivity contribution in [3.63, 3.8) is 0 Å². The molecule has 2 aliphatic rings. The third-order valence-corrected chi connectivity index (χ3v) is 7.86. The first-order chi connectivity index (χ1) is 4.79. The van der Waals surface area contributed by atoms with Crippen molar-refractivity contribution in [3.05, 3.63) is 0 Å². The van der Waals surface area contributed by atoms with Crippen molar-refractivity contribution in [3.8, 4) is 0 Å². The highest BCUT2D eigenvalue weighted by atomic mass is 33.1. The molecule has 0 aromatic carbocycles. The molecule has 4 heteroatoms. The molecule has 4 unspecified atom stereocenters. The van der Waals surface area contributed by atoms with E-state index in [0.29, 0.717) is 9.83 Å². The van der Waals surface area contributed by atoms with E-state index in [2.05, 4.69) is 6.92 Å². The molecule has 0 spiro atoms. The molecule has 2 fully saturated rings. The molecule has 2 rings (SSSR count). The molecule has 0 aromatic rings. The zero-order valence-electron chi connectivity index (χ0n) is 5.78. The molecule has 2 saturated heterocycles. The summed E-state index contributed by atoms with van der Waals surface area (Å²) in [7, 11) is 3.21. The van der Waals surface area contributed by atoms with Crippen LogP contribution in [0, 0.1) is 5.92 Å². The summed E-state index contributed by atoms with van der Waals surface area (Å²) >= 11 is 0. The average Bonchev–Trinajstić information content (AvgIpc) is 2.41. The molecule has 1 nitrogen and oxygen atoms in total. The molecule has 0 radical (unpaired) electrons. The van der Waals surface area contributed by atoms with Gasteiger partial charge in [-0.1, -0.05) is 28.5 Å². The SMILES string of the molecule is CC1CC2CSSC2S1=O. The third-order valence-electron chi connectivity index (χ3n) is 2.09. The highest BCUT2D eigenvalue weighted by Crippen LogP contribution is 2.50. The molecule has 0 amide bonds. The van der Waals surface area contributed by atoms with E-state index >= 15 is 0 Å². The van der Waals surface area contributed by atoms with E-state index in [-0.39, 0.29) is 0 Å². The van der Waals surface area contributed by atoms with E-state index < -0.39 is 10.8 Å². The summed E-state index contributed by atoms with van der Waals surface area (Å²) in [5.74, 6) is 1.98. The fourth-order valence-electron chi connectivity index (χ4n) is 1.51. The Kier molecular flexibility index (Phi) is 2.04. The Balaban J connectivity index is 2.17. The van der Waals surface area contributed by atoms with Crippen LogP contribution in [0.25, 0.3) is 0 Å². The van der Waals surface area contributed by atoms with E-state index in [4.69, 9.17) is 0 Å². The topological polar surface area (TPSA) is 17.1 Å². The maximum absolute atomic E-state index is 11.5. The van der Waals surface area contributed by atoms with Gasteiger partial charge >= 0.3 is 0 Å². The third kappa shape index (κ3) is 1.04. The largest absolute Gasteiger partial charge is 0.258 e. The second kappa shape index (κ2) is 2.72. The molecular weight excluding hydrogens is 184 g/mol. The van der Waals surface area contributed by atoms with Gasteiger partial charge < -0.3 is 0 Å². The van der Waals surface area contributed by atoms with E-state index in [1.807, 2.05) is 21.6 Å². The minimum Gasteiger partial charge on any atom is -0.258 e. The lowest BCUT2D eigenvalue weighted by Gasteiger charge is -2.02. The first kappa shape index (κ1) is 7.50. The molecule has 0 aliphatic carbocycles. The molecule has 0 bridgehead atoms. The molecule has 0 aromatic heterocycles. The minimum absolute atomic E-state index is 0.461. The summed E-state index contributed by atoms with van der Waals surface area (Å²) in [6.07, 6.45) is 1.19. The van der Waals surface area contributed by atoms with Crippen molar-refractivity contribution in [2.75, 3.05) is 5.75 Å². The average molecular weight is 194 g/mol. The van der Waals surface area contributed by atoms with Crippen LogP contribution in [-0.4, -0.2) is 19.8 Å². The van der Waals surface area contributed by atoms with E-state index in [0.717, 1.165) is 5.92 Å². The van der Waals surface area contributed by atoms with Crippen molar-refractivity contribution < 1.29 is 4.21 Å². The first-order valence-electron chi connectivity index (χ1n) is 3.46. The lowest BCUT2D eigenvalue weighted by molar-refractivity contribution is 0.626. The van der Waals surface area contributed by atoms with Gasteiger partial charge in [0.15, 0.2) is 0 Å². The molecule has 58 valence electrons. The highest BCUT2D eigenvalue weighted by Gasteiger charge is 2.42. The van der Waals surface area contributed by atoms with Crippen LogP contribution in [0.5, 0.6) is 0 Å². The van der Waals surface area contributed by atoms with Crippen LogP contribution in [0.1, 0.15) is 13.3 Å². The summed E-state index contributed by atoms with van der Waals surface area (Å²) in [4.78, 5) is 0. The Morgan fingerprint density at radius 2 is 2.40 bits per heavy atom. The summed E-state index contributed by atoms with van der Waals surface area (Å²) < 4.78 is 11.9. The van der Waals surface area contributed by atoms with Gasteiger partial charge in [0.1, 0.15) is 0 Å². The summed E-state index contributed by atoms with van der Waals surface area (Å²) in [6, 6.07) is 0. The van der Waals surface area contributed by atoms with Crippen molar-refractivity contribution in [1.82, 2.24) is 0 Å². The molecule has 2 aliphatic heterocycles. The smallest absolute Gasteiger partial charge is 0.0944 e. The quantitative estimate of drug-likeness (QED) is 0.548. The maximum atomic E-state index is 11.5. The molecule has 10 heavy (non-hydrogen) atoms. The molecule has 0 saturated carbocycles. The Labute approximate surface area is 71.6 Å². The Morgan fingerprint density at radius 3 is 3.10 bits per heavy atom. The van der Waals surface area contributed by atoms with Crippen molar-refractivity contribution >= 4 is 32.4 Å². The molecular formula is C6H10OS3. The second-order valence-electron chi connectivity index (χ2n) is 2.88. The van der Waals surface area contributed by atoms with E-state index in [9.17, 15) is 4.21 Å². The normalized spacial score (nSPS) is 53.3. The van der Waals surface area contributed by atoms with Gasteiger partial charge in [0, 0.05) is 21.8 Å². The number of hydrogen-bond donors (Lipinski definition) is 0. The van der Waals surface area contributed by atoms with Gasteiger partial charge in [-0.3, -0.25) is 4.21 Å². The van der Waals surface area contributed by atoms with Crippen LogP contribution in [0.15, 0.2) is 0 Å². The standard InChI is InChI=1S/C6H10OS3/c1-4-2-5-3-8-9-6(5)10(4)7/h4-6H,2-3H2,1H3. The summed E-state index contributed by atoms with van der Waals surface area (Å²) in [5.41, 5.74) is 0. The molecule has 4 atom stereocenters. The summed E-state index contributed by atoms with van der Waals surface area (Å²) in [6.45, 7) is 2.11. The van der Waals surface area contributed by atoms with Gasteiger partial charge in [-0.25, -0.2) is 0 Å². The van der Waals surface area contributed by atoms with Gasteiger partial charge in [0.2, 0.25) is 0 Å². The Bertz CT molecular complexity index is 170.